The predicted octanol–water partition coefficient (Wildman–Crippen LogP) is 3.91. The van der Waals surface area contributed by atoms with E-state index in [1.807, 2.05) is 30.3 Å². The standard InChI is InChI=1S/C17H20ClNOS/c1-12-7-8-14(9-13(12)2)17(19)11-21(20)10-15-5-3-4-6-16(15)18/h3-9,17H,10-11,19H2,1-2H3. The molecule has 2 aromatic carbocycles. The van der Waals surface area contributed by atoms with Crippen molar-refractivity contribution >= 4 is 22.4 Å². The summed E-state index contributed by atoms with van der Waals surface area (Å²) < 4.78 is 12.3. The van der Waals surface area contributed by atoms with Gasteiger partial charge in [-0.15, -0.1) is 0 Å². The van der Waals surface area contributed by atoms with Crippen molar-refractivity contribution in [2.45, 2.75) is 25.6 Å². The smallest absolute Gasteiger partial charge is 0.0501 e. The molecule has 2 N–H and O–H groups in total. The summed E-state index contributed by atoms with van der Waals surface area (Å²) in [4.78, 5) is 0. The first-order valence-corrected chi connectivity index (χ1v) is 8.75. The Labute approximate surface area is 133 Å². The Morgan fingerprint density at radius 2 is 1.86 bits per heavy atom. The third-order valence-electron chi connectivity index (χ3n) is 3.60. The van der Waals surface area contributed by atoms with Gasteiger partial charge in [-0.05, 0) is 42.2 Å². The molecule has 2 aromatic rings. The fourth-order valence-corrected chi connectivity index (χ4v) is 3.73. The lowest BCUT2D eigenvalue weighted by molar-refractivity contribution is 0.674. The van der Waals surface area contributed by atoms with Crippen molar-refractivity contribution in [3.8, 4) is 0 Å². The molecule has 4 heteroatoms. The lowest BCUT2D eigenvalue weighted by Gasteiger charge is -2.14. The summed E-state index contributed by atoms with van der Waals surface area (Å²) in [5.41, 5.74) is 10.6. The van der Waals surface area contributed by atoms with Crippen molar-refractivity contribution < 1.29 is 4.21 Å². The van der Waals surface area contributed by atoms with Gasteiger partial charge in [0.1, 0.15) is 0 Å². The molecule has 2 unspecified atom stereocenters. The zero-order valence-corrected chi connectivity index (χ0v) is 13.9. The van der Waals surface area contributed by atoms with Crippen molar-refractivity contribution in [3.63, 3.8) is 0 Å². The molecule has 2 nitrogen and oxygen atoms in total. The van der Waals surface area contributed by atoms with Gasteiger partial charge in [-0.25, -0.2) is 0 Å². The molecular formula is C17H20ClNOS. The largest absolute Gasteiger partial charge is 0.323 e. The van der Waals surface area contributed by atoms with Crippen LogP contribution in [0.15, 0.2) is 42.5 Å². The second kappa shape index (κ2) is 7.21. The molecule has 0 aliphatic heterocycles. The highest BCUT2D eigenvalue weighted by atomic mass is 35.5. The zero-order chi connectivity index (χ0) is 15.4. The molecular weight excluding hydrogens is 302 g/mol. The first-order valence-electron chi connectivity index (χ1n) is 6.88. The fraction of sp³-hybridized carbons (Fsp3) is 0.294. The number of halogens is 1. The molecule has 0 aliphatic rings. The van der Waals surface area contributed by atoms with E-state index >= 15 is 0 Å². The molecule has 2 atom stereocenters. The highest BCUT2D eigenvalue weighted by Crippen LogP contribution is 2.20. The lowest BCUT2D eigenvalue weighted by Crippen LogP contribution is -2.19. The van der Waals surface area contributed by atoms with E-state index in [1.54, 1.807) is 0 Å². The first kappa shape index (κ1) is 16.2. The zero-order valence-electron chi connectivity index (χ0n) is 12.3. The van der Waals surface area contributed by atoms with Gasteiger partial charge < -0.3 is 5.73 Å². The average molecular weight is 322 g/mol. The van der Waals surface area contributed by atoms with Crippen molar-refractivity contribution in [1.82, 2.24) is 0 Å². The van der Waals surface area contributed by atoms with E-state index < -0.39 is 10.8 Å². The van der Waals surface area contributed by atoms with Crippen molar-refractivity contribution in [2.75, 3.05) is 5.75 Å². The monoisotopic (exact) mass is 321 g/mol. The van der Waals surface area contributed by atoms with Gasteiger partial charge in [-0.2, -0.15) is 0 Å². The molecule has 0 aliphatic carbocycles. The summed E-state index contributed by atoms with van der Waals surface area (Å²) in [6.45, 7) is 4.13. The number of hydrogen-bond donors (Lipinski definition) is 1. The van der Waals surface area contributed by atoms with Crippen LogP contribution < -0.4 is 5.73 Å². The second-order valence-corrected chi connectivity index (χ2v) is 7.20. The number of aryl methyl sites for hydroxylation is 2. The van der Waals surface area contributed by atoms with Gasteiger partial charge >= 0.3 is 0 Å². The maximum atomic E-state index is 12.3. The van der Waals surface area contributed by atoms with Gasteiger partial charge in [-0.1, -0.05) is 48.0 Å². The molecule has 0 radical (unpaired) electrons. The Morgan fingerprint density at radius 1 is 1.14 bits per heavy atom. The molecule has 0 saturated heterocycles. The van der Waals surface area contributed by atoms with Gasteiger partial charge in [0, 0.05) is 27.6 Å². The van der Waals surface area contributed by atoms with Crippen LogP contribution in [-0.4, -0.2) is 9.96 Å². The molecule has 2 rings (SSSR count). The quantitative estimate of drug-likeness (QED) is 0.907. The first-order chi connectivity index (χ1) is 9.97. The molecule has 0 saturated carbocycles. The molecule has 112 valence electrons. The molecule has 0 bridgehead atoms. The Kier molecular flexibility index (Phi) is 5.57. The summed E-state index contributed by atoms with van der Waals surface area (Å²) in [6.07, 6.45) is 0. The van der Waals surface area contributed by atoms with Crippen molar-refractivity contribution in [3.05, 3.63) is 69.7 Å². The van der Waals surface area contributed by atoms with E-state index in [0.29, 0.717) is 16.5 Å². The Bertz CT molecular complexity index is 657. The molecule has 0 amide bonds. The second-order valence-electron chi connectivity index (χ2n) is 5.29. The van der Waals surface area contributed by atoms with Crippen LogP contribution in [0, 0.1) is 13.8 Å². The molecule has 0 spiro atoms. The SMILES string of the molecule is Cc1ccc(C(N)CS(=O)Cc2ccccc2Cl)cc1C. The number of benzene rings is 2. The van der Waals surface area contributed by atoms with E-state index in [2.05, 4.69) is 26.0 Å². The minimum atomic E-state index is -1.03. The topological polar surface area (TPSA) is 43.1 Å². The lowest BCUT2D eigenvalue weighted by atomic mass is 10.0. The third kappa shape index (κ3) is 4.40. The minimum absolute atomic E-state index is 0.215. The minimum Gasteiger partial charge on any atom is -0.323 e. The third-order valence-corrected chi connectivity index (χ3v) is 5.33. The molecule has 0 fully saturated rings. The summed E-state index contributed by atoms with van der Waals surface area (Å²) in [5, 5.41) is 0.658. The Hall–Kier alpha value is -1.16. The highest BCUT2D eigenvalue weighted by Gasteiger charge is 2.13. The molecule has 0 heterocycles. The van der Waals surface area contributed by atoms with Crippen molar-refractivity contribution in [2.24, 2.45) is 5.73 Å². The van der Waals surface area contributed by atoms with Crippen LogP contribution in [-0.2, 0) is 16.6 Å². The van der Waals surface area contributed by atoms with Crippen LogP contribution in [0.4, 0.5) is 0 Å². The Morgan fingerprint density at radius 3 is 2.52 bits per heavy atom. The number of rotatable bonds is 5. The van der Waals surface area contributed by atoms with E-state index in [-0.39, 0.29) is 6.04 Å². The van der Waals surface area contributed by atoms with E-state index in [4.69, 9.17) is 17.3 Å². The number of nitrogens with two attached hydrogens (primary N) is 1. The number of hydrogen-bond acceptors (Lipinski definition) is 2. The van der Waals surface area contributed by atoms with Crippen LogP contribution in [0.5, 0.6) is 0 Å². The summed E-state index contributed by atoms with van der Waals surface area (Å²) >= 11 is 6.09. The highest BCUT2D eigenvalue weighted by molar-refractivity contribution is 7.84. The van der Waals surface area contributed by atoms with Gasteiger partial charge in [-0.3, -0.25) is 4.21 Å². The normalized spacial score (nSPS) is 13.9. The Balaban J connectivity index is 2.02. The van der Waals surface area contributed by atoms with E-state index in [1.165, 1.54) is 11.1 Å². The maximum Gasteiger partial charge on any atom is 0.0501 e. The van der Waals surface area contributed by atoms with Crippen LogP contribution >= 0.6 is 11.6 Å². The van der Waals surface area contributed by atoms with E-state index in [0.717, 1.165) is 11.1 Å². The van der Waals surface area contributed by atoms with Gasteiger partial charge in [0.25, 0.3) is 0 Å². The van der Waals surface area contributed by atoms with Gasteiger partial charge in [0.2, 0.25) is 0 Å². The van der Waals surface area contributed by atoms with Crippen LogP contribution in [0.25, 0.3) is 0 Å². The van der Waals surface area contributed by atoms with Gasteiger partial charge in [0.15, 0.2) is 0 Å². The fourth-order valence-electron chi connectivity index (χ4n) is 2.14. The summed E-state index contributed by atoms with van der Waals surface area (Å²) in [6, 6.07) is 13.4. The summed E-state index contributed by atoms with van der Waals surface area (Å²) in [5.74, 6) is 0.881. The van der Waals surface area contributed by atoms with Crippen molar-refractivity contribution in [1.29, 1.82) is 0 Å². The summed E-state index contributed by atoms with van der Waals surface area (Å²) in [7, 11) is -1.03. The van der Waals surface area contributed by atoms with Crippen LogP contribution in [0.3, 0.4) is 0 Å². The molecule has 21 heavy (non-hydrogen) atoms. The van der Waals surface area contributed by atoms with Gasteiger partial charge in [0.05, 0.1) is 5.75 Å². The van der Waals surface area contributed by atoms with Crippen LogP contribution in [0.2, 0.25) is 5.02 Å². The van der Waals surface area contributed by atoms with Crippen LogP contribution in [0.1, 0.15) is 28.3 Å². The van der Waals surface area contributed by atoms with E-state index in [9.17, 15) is 4.21 Å². The predicted molar refractivity (Wildman–Crippen MR) is 91.0 cm³/mol. The molecule has 0 aromatic heterocycles. The maximum absolute atomic E-state index is 12.3. The average Bonchev–Trinajstić information content (AvgIpc) is 2.44.